The molecule has 1 aliphatic rings. The maximum Gasteiger partial charge on any atom is 0.297 e. The number of phenolic OH excluding ortho intramolecular Hbond substituents is 1. The number of aromatic nitrogens is 1. The molecule has 0 fully saturated rings. The third-order valence-corrected chi connectivity index (χ3v) is 6.31. The number of halogens is 1. The van der Waals surface area contributed by atoms with Gasteiger partial charge in [-0.2, -0.15) is 0 Å². The molecule has 1 aliphatic heterocycles. The van der Waals surface area contributed by atoms with Gasteiger partial charge in [0.25, 0.3) is 5.91 Å². The number of aromatic hydroxyl groups is 1. The van der Waals surface area contributed by atoms with E-state index in [1.54, 1.807) is 12.1 Å². The van der Waals surface area contributed by atoms with Crippen molar-refractivity contribution in [2.75, 3.05) is 4.90 Å². The van der Waals surface area contributed by atoms with Crippen LogP contribution in [0.2, 0.25) is 0 Å². The summed E-state index contributed by atoms with van der Waals surface area (Å²) >= 11 is 1.33. The molecule has 6 nitrogen and oxygen atoms in total. The number of rotatable bonds is 2. The molecule has 2 aromatic heterocycles. The van der Waals surface area contributed by atoms with Crippen LogP contribution in [-0.4, -0.2) is 16.0 Å². The van der Waals surface area contributed by atoms with Crippen LogP contribution in [0.3, 0.4) is 0 Å². The highest BCUT2D eigenvalue weighted by Gasteiger charge is 2.45. The zero-order valence-electron chi connectivity index (χ0n) is 16.0. The van der Waals surface area contributed by atoms with Crippen LogP contribution >= 0.6 is 11.3 Å². The summed E-state index contributed by atoms with van der Waals surface area (Å²) in [6.07, 6.45) is 0. The number of amides is 1. The van der Waals surface area contributed by atoms with Gasteiger partial charge in [0.05, 0.1) is 22.7 Å². The van der Waals surface area contributed by atoms with E-state index in [0.717, 1.165) is 16.6 Å². The van der Waals surface area contributed by atoms with Crippen molar-refractivity contribution in [1.29, 1.82) is 0 Å². The highest BCUT2D eigenvalue weighted by atomic mass is 32.1. The normalized spacial score (nSPS) is 15.8. The highest BCUT2D eigenvalue weighted by Crippen LogP contribution is 2.43. The van der Waals surface area contributed by atoms with Crippen molar-refractivity contribution < 1.29 is 18.7 Å². The molecule has 8 heteroatoms. The van der Waals surface area contributed by atoms with E-state index < -0.39 is 23.2 Å². The summed E-state index contributed by atoms with van der Waals surface area (Å²) in [6, 6.07) is 9.09. The first kappa shape index (κ1) is 18.5. The van der Waals surface area contributed by atoms with Crippen molar-refractivity contribution in [2.24, 2.45) is 0 Å². The van der Waals surface area contributed by atoms with Crippen molar-refractivity contribution in [3.05, 3.63) is 86.0 Å². The molecule has 0 aliphatic carbocycles. The lowest BCUT2D eigenvalue weighted by Gasteiger charge is -2.22. The first-order valence-electron chi connectivity index (χ1n) is 9.18. The minimum Gasteiger partial charge on any atom is -0.508 e. The van der Waals surface area contributed by atoms with E-state index in [4.69, 9.17) is 4.42 Å². The number of nitrogens with zero attached hydrogens (tertiary/aromatic N) is 2. The van der Waals surface area contributed by atoms with Crippen LogP contribution in [-0.2, 0) is 0 Å². The average Bonchev–Trinajstić information content (AvgIpc) is 3.19. The molecule has 0 radical (unpaired) electrons. The number of hydrogen-bond acceptors (Lipinski definition) is 6. The minimum absolute atomic E-state index is 0.00364. The van der Waals surface area contributed by atoms with Gasteiger partial charge in [-0.3, -0.25) is 14.5 Å². The second-order valence-electron chi connectivity index (χ2n) is 7.13. The van der Waals surface area contributed by atoms with Gasteiger partial charge >= 0.3 is 0 Å². The molecule has 30 heavy (non-hydrogen) atoms. The lowest BCUT2D eigenvalue weighted by molar-refractivity contribution is 0.0971. The number of carbonyl (C=O) groups excluding carboxylic acids is 1. The number of benzene rings is 2. The molecule has 1 atom stereocenters. The number of thiazole rings is 1. The Balaban J connectivity index is 1.84. The van der Waals surface area contributed by atoms with E-state index in [1.165, 1.54) is 40.5 Å². The summed E-state index contributed by atoms with van der Waals surface area (Å²) in [7, 11) is 0. The van der Waals surface area contributed by atoms with E-state index >= 15 is 0 Å². The molecule has 1 amide bonds. The fourth-order valence-corrected chi connectivity index (χ4v) is 4.65. The first-order chi connectivity index (χ1) is 14.3. The number of carbonyl (C=O) groups is 1. The third kappa shape index (κ3) is 2.64. The van der Waals surface area contributed by atoms with Crippen LogP contribution in [0, 0.1) is 19.7 Å². The van der Waals surface area contributed by atoms with Crippen molar-refractivity contribution >= 4 is 33.3 Å². The van der Waals surface area contributed by atoms with Crippen LogP contribution < -0.4 is 10.3 Å². The molecule has 150 valence electrons. The molecule has 0 spiro atoms. The van der Waals surface area contributed by atoms with E-state index in [0.29, 0.717) is 10.7 Å². The molecule has 4 aromatic rings. The highest BCUT2D eigenvalue weighted by molar-refractivity contribution is 7.15. The monoisotopic (exact) mass is 422 g/mol. The number of aryl methyl sites for hydroxylation is 2. The molecule has 0 saturated carbocycles. The minimum atomic E-state index is -0.853. The predicted octanol–water partition coefficient (Wildman–Crippen LogP) is 4.46. The summed E-state index contributed by atoms with van der Waals surface area (Å²) in [6.45, 7) is 3.74. The summed E-state index contributed by atoms with van der Waals surface area (Å²) in [5, 5.41) is 10.5. The lowest BCUT2D eigenvalue weighted by atomic mass is 9.98. The fraction of sp³-hybridized carbons (Fsp3) is 0.136. The Morgan fingerprint density at radius 3 is 2.67 bits per heavy atom. The number of hydrogen-bond donors (Lipinski definition) is 1. The zero-order chi connectivity index (χ0) is 21.2. The van der Waals surface area contributed by atoms with Gasteiger partial charge in [-0.05, 0) is 49.7 Å². The topological polar surface area (TPSA) is 83.6 Å². The lowest BCUT2D eigenvalue weighted by Crippen LogP contribution is -2.29. The van der Waals surface area contributed by atoms with Gasteiger partial charge < -0.3 is 9.52 Å². The predicted molar refractivity (Wildman–Crippen MR) is 111 cm³/mol. The number of anilines is 1. The van der Waals surface area contributed by atoms with Gasteiger partial charge in [0, 0.05) is 4.88 Å². The van der Waals surface area contributed by atoms with E-state index in [9.17, 15) is 19.1 Å². The van der Waals surface area contributed by atoms with Crippen LogP contribution in [0.25, 0.3) is 11.0 Å². The maximum absolute atomic E-state index is 13.8. The van der Waals surface area contributed by atoms with Crippen LogP contribution in [0.5, 0.6) is 5.75 Å². The standard InChI is InChI=1S/C22H15FN2O4S/c1-10-11(2)30-22(24-10)25-18(12-4-3-5-14(26)8-12)17-19(27)15-9-13(23)6-7-16(15)29-20(17)21(25)28/h3-9,18,26H,1-2H3. The Morgan fingerprint density at radius 1 is 1.17 bits per heavy atom. The molecular formula is C22H15FN2O4S. The Kier molecular flexibility index (Phi) is 4.01. The molecule has 5 rings (SSSR count). The summed E-state index contributed by atoms with van der Waals surface area (Å²) in [5.41, 5.74) is 1.06. The van der Waals surface area contributed by atoms with Gasteiger partial charge in [0.15, 0.2) is 10.6 Å². The zero-order valence-corrected chi connectivity index (χ0v) is 16.8. The average molecular weight is 422 g/mol. The maximum atomic E-state index is 13.8. The third-order valence-electron chi connectivity index (χ3n) is 5.24. The van der Waals surface area contributed by atoms with Crippen molar-refractivity contribution in [1.82, 2.24) is 4.98 Å². The molecule has 2 aromatic carbocycles. The molecular weight excluding hydrogens is 407 g/mol. The van der Waals surface area contributed by atoms with Crippen molar-refractivity contribution in [3.8, 4) is 5.75 Å². The summed E-state index contributed by atoms with van der Waals surface area (Å²) in [5.74, 6) is -1.18. The van der Waals surface area contributed by atoms with E-state index in [1.807, 2.05) is 13.8 Å². The largest absolute Gasteiger partial charge is 0.508 e. The second-order valence-corrected chi connectivity index (χ2v) is 8.31. The molecule has 0 bridgehead atoms. The quantitative estimate of drug-likeness (QED) is 0.516. The molecule has 3 heterocycles. The van der Waals surface area contributed by atoms with Gasteiger partial charge in [-0.25, -0.2) is 9.37 Å². The van der Waals surface area contributed by atoms with Crippen LogP contribution in [0.15, 0.2) is 51.7 Å². The Bertz CT molecular complexity index is 1390. The van der Waals surface area contributed by atoms with Gasteiger partial charge in [-0.15, -0.1) is 11.3 Å². The SMILES string of the molecule is Cc1nc(N2C(=O)c3oc4ccc(F)cc4c(=O)c3C2c2cccc(O)c2)sc1C. The molecule has 0 saturated heterocycles. The van der Waals surface area contributed by atoms with Crippen LogP contribution in [0.1, 0.15) is 38.3 Å². The Morgan fingerprint density at radius 2 is 1.97 bits per heavy atom. The number of phenols is 1. The fourth-order valence-electron chi connectivity index (χ4n) is 3.71. The Labute approximate surface area is 173 Å². The second kappa shape index (κ2) is 6.50. The molecule has 1 unspecified atom stereocenters. The van der Waals surface area contributed by atoms with Crippen molar-refractivity contribution in [3.63, 3.8) is 0 Å². The summed E-state index contributed by atoms with van der Waals surface area (Å²) in [4.78, 5) is 33.6. The first-order valence-corrected chi connectivity index (χ1v) is 9.99. The smallest absolute Gasteiger partial charge is 0.297 e. The van der Waals surface area contributed by atoms with Gasteiger partial charge in [0.2, 0.25) is 5.76 Å². The Hall–Kier alpha value is -3.52. The summed E-state index contributed by atoms with van der Waals surface area (Å²) < 4.78 is 19.6. The van der Waals surface area contributed by atoms with E-state index in [-0.39, 0.29) is 28.0 Å². The van der Waals surface area contributed by atoms with Gasteiger partial charge in [0.1, 0.15) is 17.1 Å². The number of fused-ring (bicyclic) bond motifs is 2. The van der Waals surface area contributed by atoms with E-state index in [2.05, 4.69) is 4.98 Å². The van der Waals surface area contributed by atoms with Crippen LogP contribution in [0.4, 0.5) is 9.52 Å². The van der Waals surface area contributed by atoms with Crippen molar-refractivity contribution in [2.45, 2.75) is 19.9 Å². The molecule has 1 N–H and O–H groups in total. The van der Waals surface area contributed by atoms with Gasteiger partial charge in [-0.1, -0.05) is 12.1 Å².